The third-order valence-corrected chi connectivity index (χ3v) is 6.31. The van der Waals surface area contributed by atoms with Crippen molar-refractivity contribution in [2.75, 3.05) is 38.5 Å². The van der Waals surface area contributed by atoms with Gasteiger partial charge >= 0.3 is 0 Å². The molecule has 1 aromatic heterocycles. The summed E-state index contributed by atoms with van der Waals surface area (Å²) >= 11 is 3.30. The van der Waals surface area contributed by atoms with E-state index in [1.54, 1.807) is 23.1 Å². The van der Waals surface area contributed by atoms with Gasteiger partial charge in [-0.15, -0.1) is 35.5 Å². The van der Waals surface area contributed by atoms with Crippen LogP contribution >= 0.6 is 35.5 Å². The Morgan fingerprint density at radius 2 is 1.92 bits per heavy atom. The van der Waals surface area contributed by atoms with Crippen LogP contribution in [-0.2, 0) is 0 Å². The molecule has 3 rings (SSSR count). The molecule has 1 aliphatic rings. The number of aliphatic hydroxyl groups excluding tert-OH is 1. The van der Waals surface area contributed by atoms with Crippen LogP contribution in [0.1, 0.15) is 28.3 Å². The first kappa shape index (κ1) is 21.3. The van der Waals surface area contributed by atoms with Crippen LogP contribution in [-0.4, -0.2) is 59.3 Å². The van der Waals surface area contributed by atoms with E-state index in [1.165, 1.54) is 0 Å². The van der Waals surface area contributed by atoms with Gasteiger partial charge in [-0.1, -0.05) is 25.1 Å². The first-order chi connectivity index (χ1) is 12.2. The maximum absolute atomic E-state index is 12.9. The zero-order valence-electron chi connectivity index (χ0n) is 14.8. The van der Waals surface area contributed by atoms with Crippen molar-refractivity contribution in [1.29, 1.82) is 0 Å². The minimum absolute atomic E-state index is 0. The predicted molar refractivity (Wildman–Crippen MR) is 112 cm³/mol. The molecule has 142 valence electrons. The van der Waals surface area contributed by atoms with Crippen molar-refractivity contribution in [1.82, 2.24) is 9.80 Å². The van der Waals surface area contributed by atoms with E-state index in [-0.39, 0.29) is 18.3 Å². The average Bonchev–Trinajstić information content (AvgIpc) is 3.17. The second kappa shape index (κ2) is 10.3. The molecular weight excluding hydrogens is 388 g/mol. The predicted octanol–water partition coefficient (Wildman–Crippen LogP) is 3.77. The van der Waals surface area contributed by atoms with E-state index in [0.717, 1.165) is 34.2 Å². The minimum atomic E-state index is -0.441. The Labute approximate surface area is 169 Å². The highest BCUT2D eigenvalue weighted by atomic mass is 35.5. The summed E-state index contributed by atoms with van der Waals surface area (Å²) < 4.78 is 0. The second-order valence-electron chi connectivity index (χ2n) is 6.05. The van der Waals surface area contributed by atoms with E-state index in [4.69, 9.17) is 0 Å². The number of thiophene rings is 1. The fourth-order valence-electron chi connectivity index (χ4n) is 3.04. The van der Waals surface area contributed by atoms with Crippen molar-refractivity contribution >= 4 is 41.4 Å². The average molecular weight is 413 g/mol. The molecule has 0 spiro atoms. The zero-order valence-corrected chi connectivity index (χ0v) is 17.3. The number of thioether (sulfide) groups is 1. The first-order valence-electron chi connectivity index (χ1n) is 8.64. The number of benzene rings is 1. The largest absolute Gasteiger partial charge is 0.386 e. The fourth-order valence-corrected chi connectivity index (χ4v) is 4.54. The van der Waals surface area contributed by atoms with Crippen molar-refractivity contribution in [3.8, 4) is 0 Å². The Morgan fingerprint density at radius 3 is 2.58 bits per heavy atom. The minimum Gasteiger partial charge on any atom is -0.386 e. The molecule has 1 atom stereocenters. The van der Waals surface area contributed by atoms with Gasteiger partial charge in [-0.3, -0.25) is 9.69 Å². The van der Waals surface area contributed by atoms with Crippen molar-refractivity contribution in [3.63, 3.8) is 0 Å². The number of amides is 1. The number of hydrogen-bond acceptors (Lipinski definition) is 5. The van der Waals surface area contributed by atoms with Crippen molar-refractivity contribution < 1.29 is 9.90 Å². The van der Waals surface area contributed by atoms with Crippen molar-refractivity contribution in [2.45, 2.75) is 17.9 Å². The molecule has 0 radical (unpaired) electrons. The number of hydrogen-bond donors (Lipinski definition) is 1. The molecule has 0 saturated carbocycles. The van der Waals surface area contributed by atoms with E-state index in [2.05, 4.69) is 11.8 Å². The normalized spacial score (nSPS) is 16.2. The van der Waals surface area contributed by atoms with Crippen LogP contribution in [0, 0.1) is 0 Å². The van der Waals surface area contributed by atoms with Crippen molar-refractivity contribution in [3.05, 3.63) is 52.2 Å². The summed E-state index contributed by atoms with van der Waals surface area (Å²) in [6.07, 6.45) is -0.441. The van der Waals surface area contributed by atoms with Crippen LogP contribution in [0.3, 0.4) is 0 Å². The highest BCUT2D eigenvalue weighted by Crippen LogP contribution is 2.24. The summed E-state index contributed by atoms with van der Waals surface area (Å²) in [6.45, 7) is 5.76. The maximum atomic E-state index is 12.9. The summed E-state index contributed by atoms with van der Waals surface area (Å²) in [5.74, 6) is 1.08. The van der Waals surface area contributed by atoms with Crippen LogP contribution in [0.15, 0.2) is 46.7 Å². The lowest BCUT2D eigenvalue weighted by atomic mass is 10.1. The van der Waals surface area contributed by atoms with E-state index < -0.39 is 6.10 Å². The summed E-state index contributed by atoms with van der Waals surface area (Å²) in [6, 6.07) is 11.8. The first-order valence-corrected chi connectivity index (χ1v) is 10.5. The lowest BCUT2D eigenvalue weighted by Crippen LogP contribution is -2.49. The van der Waals surface area contributed by atoms with Crippen LogP contribution in [0.5, 0.6) is 0 Å². The highest BCUT2D eigenvalue weighted by Gasteiger charge is 2.25. The Kier molecular flexibility index (Phi) is 8.44. The molecule has 1 aliphatic heterocycles. The van der Waals surface area contributed by atoms with Crippen LogP contribution in [0.2, 0.25) is 0 Å². The van der Waals surface area contributed by atoms with Gasteiger partial charge in [-0.05, 0) is 29.3 Å². The summed E-state index contributed by atoms with van der Waals surface area (Å²) in [7, 11) is 0. The van der Waals surface area contributed by atoms with Gasteiger partial charge in [0.25, 0.3) is 5.91 Å². The molecule has 1 saturated heterocycles. The maximum Gasteiger partial charge on any atom is 0.255 e. The molecule has 0 bridgehead atoms. The van der Waals surface area contributed by atoms with Gasteiger partial charge in [0.1, 0.15) is 6.10 Å². The summed E-state index contributed by atoms with van der Waals surface area (Å²) in [5.41, 5.74) is 0.807. The van der Waals surface area contributed by atoms with Crippen LogP contribution in [0.25, 0.3) is 0 Å². The van der Waals surface area contributed by atoms with Crippen LogP contribution in [0.4, 0.5) is 0 Å². The SMILES string of the molecule is CCSc1ccccc1C(=O)N1CCN(CC(O)c2cccs2)CC1.Cl. The molecule has 1 aromatic carbocycles. The van der Waals surface area contributed by atoms with Crippen LogP contribution < -0.4 is 0 Å². The topological polar surface area (TPSA) is 43.8 Å². The van der Waals surface area contributed by atoms with Gasteiger partial charge in [0.2, 0.25) is 0 Å². The Morgan fingerprint density at radius 1 is 1.19 bits per heavy atom. The molecular formula is C19H25ClN2O2S2. The third-order valence-electron chi connectivity index (χ3n) is 4.38. The molecule has 1 fully saturated rings. The zero-order chi connectivity index (χ0) is 17.6. The molecule has 2 aromatic rings. The quantitative estimate of drug-likeness (QED) is 0.733. The number of carbonyl (C=O) groups is 1. The number of β-amino-alcohol motifs (C(OH)–C–C–N with tert-alkyl or cyclic N) is 1. The van der Waals surface area contributed by atoms with Gasteiger partial charge in [-0.25, -0.2) is 0 Å². The van der Waals surface area contributed by atoms with E-state index in [1.807, 2.05) is 46.7 Å². The van der Waals surface area contributed by atoms with Crippen molar-refractivity contribution in [2.24, 2.45) is 0 Å². The van der Waals surface area contributed by atoms with Gasteiger partial charge in [0, 0.05) is 42.5 Å². The van der Waals surface area contributed by atoms with Gasteiger partial charge in [0.15, 0.2) is 0 Å². The molecule has 1 N–H and O–H groups in total. The van der Waals surface area contributed by atoms with Gasteiger partial charge in [-0.2, -0.15) is 0 Å². The Hall–Kier alpha value is -1.05. The lowest BCUT2D eigenvalue weighted by Gasteiger charge is -2.35. The number of carbonyl (C=O) groups excluding carboxylic acids is 1. The molecule has 4 nitrogen and oxygen atoms in total. The van der Waals surface area contributed by atoms with Gasteiger partial charge in [0.05, 0.1) is 5.56 Å². The molecule has 1 unspecified atom stereocenters. The van der Waals surface area contributed by atoms with Gasteiger partial charge < -0.3 is 10.0 Å². The molecule has 7 heteroatoms. The highest BCUT2D eigenvalue weighted by molar-refractivity contribution is 7.99. The number of nitrogens with zero attached hydrogens (tertiary/aromatic N) is 2. The monoisotopic (exact) mass is 412 g/mol. The Balaban J connectivity index is 0.00000243. The standard InChI is InChI=1S/C19H24N2O2S2.ClH/c1-2-24-17-7-4-3-6-15(17)19(23)21-11-9-20(10-12-21)14-16(22)18-8-5-13-25-18;/h3-8,13,16,22H,2,9-12,14H2,1H3;1H. The van der Waals surface area contributed by atoms with E-state index in [9.17, 15) is 9.90 Å². The third kappa shape index (κ3) is 5.24. The summed E-state index contributed by atoms with van der Waals surface area (Å²) in [4.78, 5) is 19.1. The lowest BCUT2D eigenvalue weighted by molar-refractivity contribution is 0.0530. The smallest absolute Gasteiger partial charge is 0.255 e. The number of aliphatic hydroxyl groups is 1. The molecule has 26 heavy (non-hydrogen) atoms. The van der Waals surface area contributed by atoms with E-state index in [0.29, 0.717) is 19.6 Å². The second-order valence-corrected chi connectivity index (χ2v) is 8.34. The van der Waals surface area contributed by atoms with E-state index >= 15 is 0 Å². The molecule has 1 amide bonds. The molecule has 2 heterocycles. The molecule has 0 aliphatic carbocycles. The Bertz CT molecular complexity index is 689. The number of halogens is 1. The summed E-state index contributed by atoms with van der Waals surface area (Å²) in [5, 5.41) is 12.3. The fraction of sp³-hybridized carbons (Fsp3) is 0.421. The number of rotatable bonds is 6. The number of piperazine rings is 1.